The van der Waals surface area contributed by atoms with Crippen LogP contribution in [-0.4, -0.2) is 36.7 Å². The third-order valence-electron chi connectivity index (χ3n) is 3.05. The van der Waals surface area contributed by atoms with Gasteiger partial charge in [0.2, 0.25) is 5.78 Å². The molecule has 0 unspecified atom stereocenters. The Morgan fingerprint density at radius 1 is 1.18 bits per heavy atom. The minimum Gasteiger partial charge on any atom is -0.456 e. The minimum atomic E-state index is -2.09. The number of nitrogens with zero attached hydrogens (tertiary/aromatic N) is 1. The molecule has 0 N–H and O–H groups in total. The van der Waals surface area contributed by atoms with Crippen molar-refractivity contribution in [2.75, 3.05) is 14.2 Å². The van der Waals surface area contributed by atoms with Gasteiger partial charge in [-0.1, -0.05) is 6.92 Å². The Hall–Kier alpha value is -2.32. The van der Waals surface area contributed by atoms with E-state index in [1.54, 1.807) is 6.92 Å². The molecule has 0 saturated heterocycles. The SMILES string of the molecule is CCC(=O)C(OC)(OC)C(=O)OCc1ccc([N+](=O)[O-])cc1. The normalized spacial score (nSPS) is 11.0. The van der Waals surface area contributed by atoms with Crippen molar-refractivity contribution in [1.82, 2.24) is 0 Å². The van der Waals surface area contributed by atoms with Gasteiger partial charge in [0.25, 0.3) is 5.69 Å². The third kappa shape index (κ3) is 3.66. The predicted molar refractivity (Wildman–Crippen MR) is 74.9 cm³/mol. The van der Waals surface area contributed by atoms with Crippen molar-refractivity contribution in [3.8, 4) is 0 Å². The van der Waals surface area contributed by atoms with Crippen LogP contribution in [0.15, 0.2) is 24.3 Å². The molecule has 0 saturated carbocycles. The van der Waals surface area contributed by atoms with E-state index < -0.39 is 22.5 Å². The second-order valence-corrected chi connectivity index (χ2v) is 4.30. The van der Waals surface area contributed by atoms with E-state index in [1.807, 2.05) is 0 Å². The number of hydrogen-bond donors (Lipinski definition) is 0. The highest BCUT2D eigenvalue weighted by Gasteiger charge is 2.47. The summed E-state index contributed by atoms with van der Waals surface area (Å²) in [6, 6.07) is 5.49. The van der Waals surface area contributed by atoms with Crippen molar-refractivity contribution in [3.63, 3.8) is 0 Å². The quantitative estimate of drug-likeness (QED) is 0.236. The molecular weight excluding hydrogens is 294 g/mol. The van der Waals surface area contributed by atoms with Crippen LogP contribution in [0.5, 0.6) is 0 Å². The van der Waals surface area contributed by atoms with Gasteiger partial charge in [-0.2, -0.15) is 0 Å². The number of non-ortho nitro benzene ring substituents is 1. The van der Waals surface area contributed by atoms with E-state index in [0.717, 1.165) is 0 Å². The number of esters is 1. The van der Waals surface area contributed by atoms with Crippen molar-refractivity contribution in [3.05, 3.63) is 39.9 Å². The van der Waals surface area contributed by atoms with Crippen molar-refractivity contribution in [1.29, 1.82) is 0 Å². The molecule has 0 aliphatic rings. The number of ketones is 1. The summed E-state index contributed by atoms with van der Waals surface area (Å²) in [7, 11) is 2.34. The number of carbonyl (C=O) groups excluding carboxylic acids is 2. The molecule has 8 nitrogen and oxygen atoms in total. The van der Waals surface area contributed by atoms with Gasteiger partial charge in [0.05, 0.1) is 4.92 Å². The van der Waals surface area contributed by atoms with Crippen LogP contribution in [0.3, 0.4) is 0 Å². The molecule has 0 fully saturated rings. The molecule has 0 bridgehead atoms. The van der Waals surface area contributed by atoms with Crippen LogP contribution in [0.1, 0.15) is 18.9 Å². The molecule has 0 radical (unpaired) electrons. The van der Waals surface area contributed by atoms with Crippen LogP contribution < -0.4 is 0 Å². The molecule has 0 spiro atoms. The van der Waals surface area contributed by atoms with Crippen LogP contribution in [0, 0.1) is 10.1 Å². The summed E-state index contributed by atoms with van der Waals surface area (Å²) >= 11 is 0. The fourth-order valence-electron chi connectivity index (χ4n) is 1.78. The maximum absolute atomic E-state index is 12.1. The number of nitro groups is 1. The maximum atomic E-state index is 12.1. The van der Waals surface area contributed by atoms with Crippen molar-refractivity contribution in [2.45, 2.75) is 25.7 Å². The standard InChI is InChI=1S/C14H17NO7/c1-4-12(16)14(20-2,21-3)13(17)22-9-10-5-7-11(8-6-10)15(18)19/h5-8H,4,9H2,1-3H3. The molecule has 22 heavy (non-hydrogen) atoms. The first-order valence-corrected chi connectivity index (χ1v) is 6.45. The number of ether oxygens (including phenoxy) is 3. The topological polar surface area (TPSA) is 105 Å². The average Bonchev–Trinajstić information content (AvgIpc) is 2.54. The first kappa shape index (κ1) is 17.7. The number of nitro benzene ring substituents is 1. The molecule has 0 aliphatic carbocycles. The number of rotatable bonds is 8. The van der Waals surface area contributed by atoms with E-state index in [9.17, 15) is 19.7 Å². The Morgan fingerprint density at radius 2 is 1.73 bits per heavy atom. The molecule has 0 heterocycles. The zero-order valence-corrected chi connectivity index (χ0v) is 12.5. The van der Waals surface area contributed by atoms with E-state index >= 15 is 0 Å². The van der Waals surface area contributed by atoms with Crippen LogP contribution >= 0.6 is 0 Å². The highest BCUT2D eigenvalue weighted by atomic mass is 16.7. The zero-order valence-electron chi connectivity index (χ0n) is 12.5. The third-order valence-corrected chi connectivity index (χ3v) is 3.05. The van der Waals surface area contributed by atoms with Gasteiger partial charge >= 0.3 is 11.8 Å². The Labute approximate surface area is 127 Å². The van der Waals surface area contributed by atoms with Gasteiger partial charge in [-0.15, -0.1) is 0 Å². The van der Waals surface area contributed by atoms with E-state index in [4.69, 9.17) is 14.2 Å². The van der Waals surface area contributed by atoms with Gasteiger partial charge < -0.3 is 14.2 Å². The molecule has 0 aliphatic heterocycles. The Morgan fingerprint density at radius 3 is 2.14 bits per heavy atom. The summed E-state index contributed by atoms with van der Waals surface area (Å²) in [5.41, 5.74) is 0.461. The second kappa shape index (κ2) is 7.62. The van der Waals surface area contributed by atoms with Crippen LogP contribution in [0.2, 0.25) is 0 Å². The lowest BCUT2D eigenvalue weighted by atomic mass is 10.1. The Bertz CT molecular complexity index is 549. The number of methoxy groups -OCH3 is 2. The van der Waals surface area contributed by atoms with E-state index in [2.05, 4.69) is 0 Å². The molecule has 1 rings (SSSR count). The van der Waals surface area contributed by atoms with Crippen molar-refractivity contribution in [2.24, 2.45) is 0 Å². The lowest BCUT2D eigenvalue weighted by molar-refractivity contribution is -0.384. The van der Waals surface area contributed by atoms with Gasteiger partial charge in [0, 0.05) is 32.8 Å². The smallest absolute Gasteiger partial charge is 0.375 e. The lowest BCUT2D eigenvalue weighted by Gasteiger charge is -2.26. The molecule has 0 aromatic heterocycles. The lowest BCUT2D eigenvalue weighted by Crippen LogP contribution is -2.50. The maximum Gasteiger partial charge on any atom is 0.375 e. The van der Waals surface area contributed by atoms with Crippen LogP contribution in [0.25, 0.3) is 0 Å². The number of Topliss-reactive ketones (excluding diaryl/α,β-unsaturated/α-hetero) is 1. The fourth-order valence-corrected chi connectivity index (χ4v) is 1.78. The monoisotopic (exact) mass is 311 g/mol. The summed E-state index contributed by atoms with van der Waals surface area (Å²) < 4.78 is 14.8. The highest BCUT2D eigenvalue weighted by molar-refractivity contribution is 6.05. The predicted octanol–water partition coefficient (Wildman–Crippen LogP) is 1.61. The zero-order chi connectivity index (χ0) is 16.8. The van der Waals surface area contributed by atoms with Crippen LogP contribution in [0.4, 0.5) is 5.69 Å². The van der Waals surface area contributed by atoms with Gasteiger partial charge in [0.15, 0.2) is 0 Å². The summed E-state index contributed by atoms with van der Waals surface area (Å²) in [5.74, 6) is -3.62. The summed E-state index contributed by atoms with van der Waals surface area (Å²) in [5, 5.41) is 10.5. The molecule has 0 atom stereocenters. The molecule has 1 aromatic rings. The summed E-state index contributed by atoms with van der Waals surface area (Å²) in [4.78, 5) is 33.9. The Kier molecular flexibility index (Phi) is 6.14. The van der Waals surface area contributed by atoms with Gasteiger partial charge in [-0.25, -0.2) is 4.79 Å². The summed E-state index contributed by atoms with van der Waals surface area (Å²) in [6.07, 6.45) is 0.0360. The van der Waals surface area contributed by atoms with Crippen LogP contribution in [-0.2, 0) is 30.4 Å². The molecule has 0 amide bonds. The first-order valence-electron chi connectivity index (χ1n) is 6.45. The van der Waals surface area contributed by atoms with Gasteiger partial charge in [-0.05, 0) is 17.7 Å². The number of benzene rings is 1. The molecule has 1 aromatic carbocycles. The van der Waals surface area contributed by atoms with E-state index in [0.29, 0.717) is 5.56 Å². The van der Waals surface area contributed by atoms with E-state index in [-0.39, 0.29) is 18.7 Å². The highest BCUT2D eigenvalue weighted by Crippen LogP contribution is 2.19. The van der Waals surface area contributed by atoms with Gasteiger partial charge in [0.1, 0.15) is 6.61 Å². The van der Waals surface area contributed by atoms with Crippen molar-refractivity contribution < 1.29 is 28.7 Å². The molecular formula is C14H17NO7. The molecule has 8 heteroatoms. The first-order chi connectivity index (χ1) is 10.4. The van der Waals surface area contributed by atoms with Gasteiger partial charge in [-0.3, -0.25) is 14.9 Å². The molecule has 120 valence electrons. The number of hydrogen-bond acceptors (Lipinski definition) is 7. The summed E-state index contributed by atoms with van der Waals surface area (Å²) in [6.45, 7) is 1.40. The number of carbonyl (C=O) groups is 2. The van der Waals surface area contributed by atoms with E-state index in [1.165, 1.54) is 38.5 Å². The largest absolute Gasteiger partial charge is 0.456 e. The minimum absolute atomic E-state index is 0.0360. The second-order valence-electron chi connectivity index (χ2n) is 4.30. The Balaban J connectivity index is 2.79. The average molecular weight is 311 g/mol. The fraction of sp³-hybridized carbons (Fsp3) is 0.429. The van der Waals surface area contributed by atoms with Crippen molar-refractivity contribution >= 4 is 17.4 Å².